The lowest BCUT2D eigenvalue weighted by Crippen LogP contribution is -2.41. The lowest BCUT2D eigenvalue weighted by molar-refractivity contribution is 0.264. The van der Waals surface area contributed by atoms with Gasteiger partial charge in [-0.15, -0.1) is 0 Å². The molecule has 58 valence electrons. The van der Waals surface area contributed by atoms with Crippen LogP contribution in [0.3, 0.4) is 0 Å². The molecular formula is C9H17N. The number of nitrogens with one attached hydrogen (secondary N) is 1. The summed E-state index contributed by atoms with van der Waals surface area (Å²) in [6.07, 6.45) is 8.79. The zero-order valence-electron chi connectivity index (χ0n) is 6.82. The molecule has 0 spiro atoms. The summed E-state index contributed by atoms with van der Waals surface area (Å²) in [6.45, 7) is 0. The van der Waals surface area contributed by atoms with Crippen molar-refractivity contribution < 1.29 is 0 Å². The van der Waals surface area contributed by atoms with Crippen molar-refractivity contribution in [2.45, 2.75) is 44.1 Å². The number of fused-ring (bicyclic) bond motifs is 2. The van der Waals surface area contributed by atoms with Crippen LogP contribution in [0.4, 0.5) is 0 Å². The Kier molecular flexibility index (Phi) is 1.48. The number of hydrogen-bond acceptors (Lipinski definition) is 1. The number of hydrogen-bond donors (Lipinski definition) is 1. The lowest BCUT2D eigenvalue weighted by atomic mass is 9.83. The Labute approximate surface area is 63.2 Å². The van der Waals surface area contributed by atoms with Gasteiger partial charge in [0, 0.05) is 5.54 Å². The molecule has 2 unspecified atom stereocenters. The van der Waals surface area contributed by atoms with Gasteiger partial charge in [0.25, 0.3) is 0 Å². The summed E-state index contributed by atoms with van der Waals surface area (Å²) in [7, 11) is 2.13. The molecule has 0 amide bonds. The summed E-state index contributed by atoms with van der Waals surface area (Å²) in [4.78, 5) is 0. The van der Waals surface area contributed by atoms with Crippen molar-refractivity contribution in [1.29, 1.82) is 0 Å². The van der Waals surface area contributed by atoms with Crippen molar-refractivity contribution in [3.05, 3.63) is 0 Å². The molecule has 2 rings (SSSR count). The summed E-state index contributed by atoms with van der Waals surface area (Å²) < 4.78 is 0. The maximum absolute atomic E-state index is 3.51. The van der Waals surface area contributed by atoms with E-state index >= 15 is 0 Å². The Bertz CT molecular complexity index is 129. The molecule has 0 heterocycles. The summed E-state index contributed by atoms with van der Waals surface area (Å²) >= 11 is 0. The summed E-state index contributed by atoms with van der Waals surface area (Å²) in [6, 6.07) is 0. The molecule has 0 aliphatic heterocycles. The van der Waals surface area contributed by atoms with Crippen molar-refractivity contribution in [2.75, 3.05) is 7.05 Å². The van der Waals surface area contributed by atoms with E-state index in [0.717, 1.165) is 5.92 Å². The average molecular weight is 139 g/mol. The van der Waals surface area contributed by atoms with Crippen LogP contribution in [0, 0.1) is 5.92 Å². The standard InChI is InChI=1S/C9H17N/c1-10-9-5-2-3-8(7-9)4-6-9/h8,10H,2-7H2,1H3. The summed E-state index contributed by atoms with van der Waals surface area (Å²) in [5.41, 5.74) is 0.586. The Morgan fingerprint density at radius 2 is 2.20 bits per heavy atom. The molecule has 2 bridgehead atoms. The van der Waals surface area contributed by atoms with Crippen LogP contribution in [-0.4, -0.2) is 12.6 Å². The fraction of sp³-hybridized carbons (Fsp3) is 1.00. The molecule has 2 fully saturated rings. The van der Waals surface area contributed by atoms with Gasteiger partial charge in [-0.25, -0.2) is 0 Å². The van der Waals surface area contributed by atoms with Gasteiger partial charge in [0.1, 0.15) is 0 Å². The highest BCUT2D eigenvalue weighted by molar-refractivity contribution is 4.98. The Morgan fingerprint density at radius 3 is 2.90 bits per heavy atom. The van der Waals surface area contributed by atoms with Gasteiger partial charge in [-0.3, -0.25) is 0 Å². The largest absolute Gasteiger partial charge is 0.314 e. The van der Waals surface area contributed by atoms with Gasteiger partial charge in [0.05, 0.1) is 0 Å². The van der Waals surface area contributed by atoms with Gasteiger partial charge >= 0.3 is 0 Å². The van der Waals surface area contributed by atoms with E-state index in [-0.39, 0.29) is 0 Å². The van der Waals surface area contributed by atoms with Gasteiger partial charge in [0.15, 0.2) is 0 Å². The summed E-state index contributed by atoms with van der Waals surface area (Å²) in [5, 5.41) is 3.51. The van der Waals surface area contributed by atoms with E-state index in [1.807, 2.05) is 0 Å². The van der Waals surface area contributed by atoms with Crippen LogP contribution in [0.5, 0.6) is 0 Å². The fourth-order valence-electron chi connectivity index (χ4n) is 2.79. The first-order valence-electron chi connectivity index (χ1n) is 4.54. The highest BCUT2D eigenvalue weighted by Crippen LogP contribution is 2.44. The van der Waals surface area contributed by atoms with Crippen molar-refractivity contribution in [1.82, 2.24) is 5.32 Å². The maximum Gasteiger partial charge on any atom is 0.0181 e. The maximum atomic E-state index is 3.51. The van der Waals surface area contributed by atoms with Crippen molar-refractivity contribution in [3.63, 3.8) is 0 Å². The Morgan fingerprint density at radius 1 is 1.30 bits per heavy atom. The first-order chi connectivity index (χ1) is 4.85. The second-order valence-electron chi connectivity index (χ2n) is 4.03. The van der Waals surface area contributed by atoms with Gasteiger partial charge in [-0.2, -0.15) is 0 Å². The van der Waals surface area contributed by atoms with E-state index in [9.17, 15) is 0 Å². The average Bonchev–Trinajstić information content (AvgIpc) is 2.29. The van der Waals surface area contributed by atoms with E-state index in [1.165, 1.54) is 38.5 Å². The van der Waals surface area contributed by atoms with Gasteiger partial charge in [-0.1, -0.05) is 12.8 Å². The van der Waals surface area contributed by atoms with Crippen LogP contribution in [0.25, 0.3) is 0 Å². The first-order valence-corrected chi connectivity index (χ1v) is 4.54. The van der Waals surface area contributed by atoms with Gasteiger partial charge < -0.3 is 5.32 Å². The molecule has 2 saturated carbocycles. The minimum Gasteiger partial charge on any atom is -0.314 e. The second-order valence-corrected chi connectivity index (χ2v) is 4.03. The monoisotopic (exact) mass is 139 g/mol. The quantitative estimate of drug-likeness (QED) is 0.585. The SMILES string of the molecule is CNC12CCCC(CC1)C2. The molecule has 1 nitrogen and oxygen atoms in total. The molecule has 1 N–H and O–H groups in total. The van der Waals surface area contributed by atoms with E-state index in [1.54, 1.807) is 0 Å². The Balaban J connectivity index is 2.10. The molecule has 2 aliphatic carbocycles. The highest BCUT2D eigenvalue weighted by Gasteiger charge is 2.40. The van der Waals surface area contributed by atoms with E-state index in [2.05, 4.69) is 12.4 Å². The normalized spacial score (nSPS) is 45.9. The minimum absolute atomic E-state index is 0.586. The van der Waals surface area contributed by atoms with E-state index in [4.69, 9.17) is 0 Å². The molecule has 0 radical (unpaired) electrons. The van der Waals surface area contributed by atoms with Crippen LogP contribution in [0.15, 0.2) is 0 Å². The zero-order valence-corrected chi connectivity index (χ0v) is 6.82. The third-order valence-corrected chi connectivity index (χ3v) is 3.51. The van der Waals surface area contributed by atoms with Crippen LogP contribution in [0.1, 0.15) is 38.5 Å². The second kappa shape index (κ2) is 2.23. The minimum atomic E-state index is 0.586. The van der Waals surface area contributed by atoms with Crippen LogP contribution in [0.2, 0.25) is 0 Å². The van der Waals surface area contributed by atoms with Gasteiger partial charge in [0.2, 0.25) is 0 Å². The molecule has 10 heavy (non-hydrogen) atoms. The molecule has 2 aliphatic rings. The number of rotatable bonds is 1. The summed E-state index contributed by atoms with van der Waals surface area (Å²) in [5.74, 6) is 1.07. The topological polar surface area (TPSA) is 12.0 Å². The van der Waals surface area contributed by atoms with Crippen LogP contribution < -0.4 is 5.32 Å². The smallest absolute Gasteiger partial charge is 0.0181 e. The van der Waals surface area contributed by atoms with Gasteiger partial charge in [-0.05, 0) is 38.6 Å². The lowest BCUT2D eigenvalue weighted by Gasteiger charge is -2.32. The van der Waals surface area contributed by atoms with Crippen molar-refractivity contribution in [2.24, 2.45) is 5.92 Å². The third kappa shape index (κ3) is 0.878. The molecule has 1 heteroatoms. The Hall–Kier alpha value is -0.0400. The van der Waals surface area contributed by atoms with Crippen LogP contribution in [-0.2, 0) is 0 Å². The fourth-order valence-corrected chi connectivity index (χ4v) is 2.79. The van der Waals surface area contributed by atoms with E-state index in [0.29, 0.717) is 5.54 Å². The van der Waals surface area contributed by atoms with E-state index < -0.39 is 0 Å². The third-order valence-electron chi connectivity index (χ3n) is 3.51. The van der Waals surface area contributed by atoms with Crippen molar-refractivity contribution >= 4 is 0 Å². The molecule has 2 atom stereocenters. The van der Waals surface area contributed by atoms with Crippen molar-refractivity contribution in [3.8, 4) is 0 Å². The molecular weight excluding hydrogens is 122 g/mol. The highest BCUT2D eigenvalue weighted by atomic mass is 15.0. The molecule has 0 saturated heterocycles. The van der Waals surface area contributed by atoms with Crippen LogP contribution >= 0.6 is 0 Å². The first kappa shape index (κ1) is 6.66. The zero-order chi connectivity index (χ0) is 7.03. The molecule has 0 aromatic rings. The molecule has 0 aromatic carbocycles. The molecule has 0 aromatic heterocycles. The predicted molar refractivity (Wildman–Crippen MR) is 43.0 cm³/mol. The predicted octanol–water partition coefficient (Wildman–Crippen LogP) is 1.93.